The number of fused-ring (bicyclic) bond motifs is 2. The van der Waals surface area contributed by atoms with Gasteiger partial charge in [0.15, 0.2) is 11.5 Å². The summed E-state index contributed by atoms with van der Waals surface area (Å²) < 4.78 is 50.5. The number of nitrogen functional groups attached to an aromatic ring is 1. The Balaban J connectivity index is 1.73. The minimum atomic E-state index is -4.60. The molecule has 4 rings (SSSR count). The van der Waals surface area contributed by atoms with Crippen molar-refractivity contribution in [1.82, 2.24) is 4.98 Å². The highest BCUT2D eigenvalue weighted by Gasteiger charge is 2.35. The fourth-order valence-corrected chi connectivity index (χ4v) is 3.86. The van der Waals surface area contributed by atoms with Crippen molar-refractivity contribution in [2.24, 2.45) is 0 Å². The first-order valence-electron chi connectivity index (χ1n) is 7.72. The fraction of sp³-hybridized carbons (Fsp3) is 0.176. The molecular weight excluding hydrogens is 383 g/mol. The molecule has 0 spiro atoms. The number of aryl methyl sites for hydroxylation is 1. The van der Waals surface area contributed by atoms with E-state index in [-0.39, 0.29) is 33.3 Å². The highest BCUT2D eigenvalue weighted by molar-refractivity contribution is 7.21. The van der Waals surface area contributed by atoms with Gasteiger partial charge in [-0.2, -0.15) is 13.2 Å². The van der Waals surface area contributed by atoms with E-state index in [2.05, 4.69) is 10.3 Å². The van der Waals surface area contributed by atoms with E-state index in [0.717, 1.165) is 17.4 Å². The number of ether oxygens (including phenoxy) is 2. The van der Waals surface area contributed by atoms with Gasteiger partial charge in [-0.15, -0.1) is 11.3 Å². The monoisotopic (exact) mass is 395 g/mol. The molecule has 0 aliphatic carbocycles. The van der Waals surface area contributed by atoms with Gasteiger partial charge in [0.05, 0.1) is 11.3 Å². The molecule has 0 saturated heterocycles. The second kappa shape index (κ2) is 6.02. The standard InChI is InChI=1S/C17H12F3N3O3S/c1-7-4-9(17(18,19)20)12-13(21)14(27-16(12)22-7)15(24)23-8-2-3-10-11(5-8)26-6-25-10/h2-5H,6,21H2,1H3,(H,23,24). The van der Waals surface area contributed by atoms with Crippen molar-refractivity contribution < 1.29 is 27.4 Å². The zero-order valence-electron chi connectivity index (χ0n) is 13.8. The van der Waals surface area contributed by atoms with Gasteiger partial charge in [0.2, 0.25) is 6.79 Å². The number of benzene rings is 1. The Hall–Kier alpha value is -3.01. The SMILES string of the molecule is Cc1cc(C(F)(F)F)c2c(N)c(C(=O)Nc3ccc4c(c3)OCO4)sc2n1. The van der Waals surface area contributed by atoms with Gasteiger partial charge in [0.25, 0.3) is 5.91 Å². The van der Waals surface area contributed by atoms with Crippen LogP contribution in [0, 0.1) is 6.92 Å². The van der Waals surface area contributed by atoms with Crippen LogP contribution in [0.25, 0.3) is 10.2 Å². The quantitative estimate of drug-likeness (QED) is 0.680. The number of alkyl halides is 3. The van der Waals surface area contributed by atoms with Crippen molar-refractivity contribution in [3.63, 3.8) is 0 Å². The van der Waals surface area contributed by atoms with Crippen LogP contribution in [-0.2, 0) is 6.18 Å². The highest BCUT2D eigenvalue weighted by Crippen LogP contribution is 2.42. The van der Waals surface area contributed by atoms with Gasteiger partial charge in [-0.3, -0.25) is 4.79 Å². The van der Waals surface area contributed by atoms with E-state index >= 15 is 0 Å². The summed E-state index contributed by atoms with van der Waals surface area (Å²) >= 11 is 0.817. The van der Waals surface area contributed by atoms with Crippen LogP contribution in [0.1, 0.15) is 20.9 Å². The number of nitrogens with two attached hydrogens (primary N) is 1. The normalized spacial score (nSPS) is 13.2. The molecule has 2 aromatic heterocycles. The van der Waals surface area contributed by atoms with E-state index in [9.17, 15) is 18.0 Å². The Labute approximate surface area is 154 Å². The van der Waals surface area contributed by atoms with E-state index in [1.807, 2.05) is 0 Å². The fourth-order valence-electron chi connectivity index (χ4n) is 2.80. The molecular formula is C17H12F3N3O3S. The van der Waals surface area contributed by atoms with Crippen LogP contribution in [-0.4, -0.2) is 17.7 Å². The maximum Gasteiger partial charge on any atom is 0.417 e. The summed E-state index contributed by atoms with van der Waals surface area (Å²) in [4.78, 5) is 16.7. The van der Waals surface area contributed by atoms with Crippen molar-refractivity contribution in [2.45, 2.75) is 13.1 Å². The molecule has 0 radical (unpaired) electrons. The van der Waals surface area contributed by atoms with E-state index < -0.39 is 17.6 Å². The summed E-state index contributed by atoms with van der Waals surface area (Å²) in [5.41, 5.74) is 5.35. The number of carbonyl (C=O) groups excluding carboxylic acids is 1. The first-order chi connectivity index (χ1) is 12.7. The molecule has 0 fully saturated rings. The summed E-state index contributed by atoms with van der Waals surface area (Å²) in [6.45, 7) is 1.54. The lowest BCUT2D eigenvalue weighted by Gasteiger charge is -2.09. The minimum absolute atomic E-state index is 0.0359. The summed E-state index contributed by atoms with van der Waals surface area (Å²) in [5, 5.41) is 2.35. The van der Waals surface area contributed by atoms with E-state index in [0.29, 0.717) is 17.2 Å². The molecule has 0 saturated carbocycles. The second-order valence-electron chi connectivity index (χ2n) is 5.86. The molecule has 0 atom stereocenters. The van der Waals surface area contributed by atoms with Crippen molar-refractivity contribution in [1.29, 1.82) is 0 Å². The summed E-state index contributed by atoms with van der Waals surface area (Å²) in [5.74, 6) is 0.387. The van der Waals surface area contributed by atoms with Gasteiger partial charge >= 0.3 is 6.18 Å². The van der Waals surface area contributed by atoms with Crippen molar-refractivity contribution >= 4 is 38.8 Å². The second-order valence-corrected chi connectivity index (χ2v) is 6.86. The molecule has 6 nitrogen and oxygen atoms in total. The molecule has 3 N–H and O–H groups in total. The summed E-state index contributed by atoms with van der Waals surface area (Å²) in [7, 11) is 0. The summed E-state index contributed by atoms with van der Waals surface area (Å²) in [6.07, 6.45) is -4.60. The zero-order valence-corrected chi connectivity index (χ0v) is 14.6. The third-order valence-electron chi connectivity index (χ3n) is 3.97. The lowest BCUT2D eigenvalue weighted by Crippen LogP contribution is -2.12. The lowest BCUT2D eigenvalue weighted by atomic mass is 10.1. The van der Waals surface area contributed by atoms with Crippen LogP contribution >= 0.6 is 11.3 Å². The predicted octanol–water partition coefficient (Wildman–Crippen LogP) is 4.19. The molecule has 10 heteroatoms. The Morgan fingerprint density at radius 1 is 1.26 bits per heavy atom. The number of carbonyl (C=O) groups is 1. The van der Waals surface area contributed by atoms with Crippen LogP contribution in [0.4, 0.5) is 24.5 Å². The van der Waals surface area contributed by atoms with Gasteiger partial charge in [-0.05, 0) is 25.1 Å². The van der Waals surface area contributed by atoms with E-state index in [1.54, 1.807) is 18.2 Å². The Morgan fingerprint density at radius 3 is 2.74 bits per heavy atom. The average molecular weight is 395 g/mol. The number of anilines is 2. The highest BCUT2D eigenvalue weighted by atomic mass is 32.1. The Kier molecular flexibility index (Phi) is 3.88. The maximum atomic E-state index is 13.4. The van der Waals surface area contributed by atoms with Gasteiger partial charge in [0, 0.05) is 22.8 Å². The number of thiophene rings is 1. The molecule has 1 amide bonds. The average Bonchev–Trinajstić information content (AvgIpc) is 3.17. The zero-order chi connectivity index (χ0) is 19.3. The smallest absolute Gasteiger partial charge is 0.417 e. The molecule has 3 heterocycles. The van der Waals surface area contributed by atoms with Gasteiger partial charge in [-0.1, -0.05) is 0 Å². The largest absolute Gasteiger partial charge is 0.454 e. The number of nitrogens with one attached hydrogen (secondary N) is 1. The number of nitrogens with zero attached hydrogens (tertiary/aromatic N) is 1. The molecule has 27 heavy (non-hydrogen) atoms. The number of amides is 1. The van der Waals surface area contributed by atoms with Crippen LogP contribution in [0.2, 0.25) is 0 Å². The molecule has 0 unspecified atom stereocenters. The van der Waals surface area contributed by atoms with Gasteiger partial charge in [-0.25, -0.2) is 4.98 Å². The van der Waals surface area contributed by atoms with E-state index in [1.165, 1.54) is 6.92 Å². The number of rotatable bonds is 2. The van der Waals surface area contributed by atoms with Crippen LogP contribution in [0.5, 0.6) is 11.5 Å². The first kappa shape index (κ1) is 17.4. The van der Waals surface area contributed by atoms with Crippen LogP contribution in [0.3, 0.4) is 0 Å². The number of hydrogen-bond acceptors (Lipinski definition) is 6. The molecule has 0 bridgehead atoms. The van der Waals surface area contributed by atoms with Crippen molar-refractivity contribution in [3.05, 3.63) is 40.4 Å². The maximum absolute atomic E-state index is 13.4. The topological polar surface area (TPSA) is 86.5 Å². The van der Waals surface area contributed by atoms with Gasteiger partial charge < -0.3 is 20.5 Å². The number of pyridine rings is 1. The third kappa shape index (κ3) is 3.01. The van der Waals surface area contributed by atoms with Gasteiger partial charge in [0.1, 0.15) is 9.71 Å². The van der Waals surface area contributed by atoms with E-state index in [4.69, 9.17) is 15.2 Å². The molecule has 1 aliphatic rings. The molecule has 1 aliphatic heterocycles. The Bertz CT molecular complexity index is 1080. The number of aromatic nitrogens is 1. The number of halogens is 3. The van der Waals surface area contributed by atoms with Crippen LogP contribution < -0.4 is 20.5 Å². The Morgan fingerprint density at radius 2 is 2.00 bits per heavy atom. The predicted molar refractivity (Wildman–Crippen MR) is 94.3 cm³/mol. The minimum Gasteiger partial charge on any atom is -0.454 e. The molecule has 1 aromatic carbocycles. The van der Waals surface area contributed by atoms with Crippen molar-refractivity contribution in [2.75, 3.05) is 17.8 Å². The number of hydrogen-bond donors (Lipinski definition) is 2. The van der Waals surface area contributed by atoms with Crippen molar-refractivity contribution in [3.8, 4) is 11.5 Å². The molecule has 140 valence electrons. The van der Waals surface area contributed by atoms with Crippen LogP contribution in [0.15, 0.2) is 24.3 Å². The lowest BCUT2D eigenvalue weighted by molar-refractivity contribution is -0.136. The first-order valence-corrected chi connectivity index (χ1v) is 8.53. The summed E-state index contributed by atoms with van der Waals surface area (Å²) in [6, 6.07) is 5.70. The molecule has 3 aromatic rings. The third-order valence-corrected chi connectivity index (χ3v) is 5.07.